The van der Waals surface area contributed by atoms with E-state index in [1.54, 1.807) is 21.3 Å². The van der Waals surface area contributed by atoms with Gasteiger partial charge in [-0.3, -0.25) is 4.79 Å². The number of nitrogens with one attached hydrogen (secondary N) is 3. The van der Waals surface area contributed by atoms with E-state index in [0.717, 1.165) is 22.4 Å². The third kappa shape index (κ3) is 4.59. The average Bonchev–Trinajstić information content (AvgIpc) is 2.74. The monoisotopic (exact) mass is 441 g/mol. The van der Waals surface area contributed by atoms with E-state index in [4.69, 9.17) is 26.4 Å². The van der Waals surface area contributed by atoms with Crippen molar-refractivity contribution in [1.29, 1.82) is 0 Å². The van der Waals surface area contributed by atoms with Gasteiger partial charge in [-0.25, -0.2) is 0 Å². The molecule has 1 amide bonds. The Morgan fingerprint density at radius 1 is 0.968 bits per heavy atom. The fourth-order valence-electron chi connectivity index (χ4n) is 3.53. The number of thiocarbonyl (C=S) groups is 1. The predicted octanol–water partition coefficient (Wildman–Crippen LogP) is 3.76. The molecule has 1 atom stereocenters. The summed E-state index contributed by atoms with van der Waals surface area (Å²) in [5.74, 6) is 1.23. The number of benzene rings is 2. The smallest absolute Gasteiger partial charge is 0.255 e. The van der Waals surface area contributed by atoms with Crippen LogP contribution in [-0.2, 0) is 4.79 Å². The lowest BCUT2D eigenvalue weighted by Crippen LogP contribution is -2.45. The second-order valence-corrected chi connectivity index (χ2v) is 7.69. The number of allylic oxidation sites excluding steroid dienone is 1. The number of ether oxygens (including phenoxy) is 3. The molecule has 164 valence electrons. The van der Waals surface area contributed by atoms with Crippen LogP contribution in [0.3, 0.4) is 0 Å². The third-order valence-corrected chi connectivity index (χ3v) is 5.52. The molecule has 0 saturated heterocycles. The lowest BCUT2D eigenvalue weighted by atomic mass is 9.94. The minimum Gasteiger partial charge on any atom is -0.493 e. The van der Waals surface area contributed by atoms with E-state index >= 15 is 0 Å². The van der Waals surface area contributed by atoms with Gasteiger partial charge in [0.2, 0.25) is 5.75 Å². The zero-order valence-electron chi connectivity index (χ0n) is 18.5. The van der Waals surface area contributed by atoms with Crippen molar-refractivity contribution in [3.63, 3.8) is 0 Å². The van der Waals surface area contributed by atoms with Crippen molar-refractivity contribution in [2.75, 3.05) is 26.6 Å². The van der Waals surface area contributed by atoms with Gasteiger partial charge in [-0.1, -0.05) is 6.07 Å². The molecule has 2 aromatic carbocycles. The number of anilines is 1. The van der Waals surface area contributed by atoms with E-state index in [2.05, 4.69) is 16.0 Å². The molecule has 0 bridgehead atoms. The molecule has 2 aromatic rings. The van der Waals surface area contributed by atoms with Crippen LogP contribution >= 0.6 is 12.2 Å². The van der Waals surface area contributed by atoms with Crippen LogP contribution < -0.4 is 30.2 Å². The topological polar surface area (TPSA) is 80.9 Å². The highest BCUT2D eigenvalue weighted by Gasteiger charge is 2.31. The molecule has 31 heavy (non-hydrogen) atoms. The minimum atomic E-state index is -0.506. The molecule has 7 nitrogen and oxygen atoms in total. The quantitative estimate of drug-likeness (QED) is 0.589. The number of amides is 1. The molecule has 8 heteroatoms. The van der Waals surface area contributed by atoms with Gasteiger partial charge in [-0.15, -0.1) is 0 Å². The fraction of sp³-hybridized carbons (Fsp3) is 0.304. The number of hydrogen-bond donors (Lipinski definition) is 3. The second kappa shape index (κ2) is 9.26. The number of carbonyl (C=O) groups is 1. The van der Waals surface area contributed by atoms with E-state index in [0.29, 0.717) is 33.6 Å². The number of aryl methyl sites for hydroxylation is 2. The summed E-state index contributed by atoms with van der Waals surface area (Å²) in [6.45, 7) is 5.87. The third-order valence-electron chi connectivity index (χ3n) is 5.30. The van der Waals surface area contributed by atoms with Crippen molar-refractivity contribution in [3.05, 3.63) is 58.3 Å². The first-order valence-corrected chi connectivity index (χ1v) is 10.2. The normalized spacial score (nSPS) is 15.7. The minimum absolute atomic E-state index is 0.234. The maximum Gasteiger partial charge on any atom is 0.255 e. The van der Waals surface area contributed by atoms with Crippen molar-refractivity contribution >= 4 is 28.9 Å². The highest BCUT2D eigenvalue weighted by atomic mass is 32.1. The highest BCUT2D eigenvalue weighted by Crippen LogP contribution is 2.41. The summed E-state index contributed by atoms with van der Waals surface area (Å²) in [5.41, 5.74) is 4.93. The lowest BCUT2D eigenvalue weighted by Gasteiger charge is -2.31. The number of methoxy groups -OCH3 is 3. The Bertz CT molecular complexity index is 1040. The van der Waals surface area contributed by atoms with Gasteiger partial charge in [-0.05, 0) is 73.9 Å². The van der Waals surface area contributed by atoms with Crippen LogP contribution in [0, 0.1) is 13.8 Å². The Morgan fingerprint density at radius 2 is 1.61 bits per heavy atom. The number of rotatable bonds is 6. The molecule has 0 fully saturated rings. The van der Waals surface area contributed by atoms with Gasteiger partial charge in [0.1, 0.15) is 0 Å². The summed E-state index contributed by atoms with van der Waals surface area (Å²) in [7, 11) is 4.65. The van der Waals surface area contributed by atoms with E-state index in [1.165, 1.54) is 0 Å². The molecule has 1 heterocycles. The van der Waals surface area contributed by atoms with Gasteiger partial charge in [0.25, 0.3) is 5.91 Å². The molecule has 0 aliphatic carbocycles. The summed E-state index contributed by atoms with van der Waals surface area (Å²) in [4.78, 5) is 13.3. The summed E-state index contributed by atoms with van der Waals surface area (Å²) in [6, 6.07) is 8.93. The van der Waals surface area contributed by atoms with E-state index < -0.39 is 6.04 Å². The van der Waals surface area contributed by atoms with Crippen LogP contribution in [0.4, 0.5) is 5.69 Å². The molecule has 0 aromatic heterocycles. The summed E-state index contributed by atoms with van der Waals surface area (Å²) in [5, 5.41) is 9.66. The summed E-state index contributed by atoms with van der Waals surface area (Å²) >= 11 is 5.36. The summed E-state index contributed by atoms with van der Waals surface area (Å²) in [6.07, 6.45) is 0. The molecule has 3 N–H and O–H groups in total. The van der Waals surface area contributed by atoms with E-state index in [9.17, 15) is 4.79 Å². The largest absolute Gasteiger partial charge is 0.493 e. The van der Waals surface area contributed by atoms with Crippen LogP contribution in [-0.4, -0.2) is 32.3 Å². The first-order chi connectivity index (χ1) is 14.8. The van der Waals surface area contributed by atoms with Crippen molar-refractivity contribution in [2.24, 2.45) is 0 Å². The van der Waals surface area contributed by atoms with Gasteiger partial charge >= 0.3 is 0 Å². The number of carbonyl (C=O) groups excluding carboxylic acids is 1. The predicted molar refractivity (Wildman–Crippen MR) is 125 cm³/mol. The fourth-order valence-corrected chi connectivity index (χ4v) is 3.80. The number of hydrogen-bond acceptors (Lipinski definition) is 5. The van der Waals surface area contributed by atoms with Gasteiger partial charge in [-0.2, -0.15) is 0 Å². The Hall–Kier alpha value is -3.26. The highest BCUT2D eigenvalue weighted by molar-refractivity contribution is 7.80. The zero-order chi connectivity index (χ0) is 22.7. The molecular formula is C23H27N3O4S. The molecule has 1 unspecified atom stereocenters. The van der Waals surface area contributed by atoms with Crippen molar-refractivity contribution < 1.29 is 19.0 Å². The zero-order valence-corrected chi connectivity index (χ0v) is 19.3. The van der Waals surface area contributed by atoms with Crippen molar-refractivity contribution in [1.82, 2.24) is 10.6 Å². The Labute approximate surface area is 187 Å². The van der Waals surface area contributed by atoms with Gasteiger partial charge in [0.05, 0.1) is 32.9 Å². The Balaban J connectivity index is 2.04. The van der Waals surface area contributed by atoms with Crippen LogP contribution in [0.2, 0.25) is 0 Å². The SMILES string of the molecule is COc1cc(C2NC(=S)NC(C)=C2C(=O)Nc2ccc(C)c(C)c2)cc(OC)c1OC. The molecule has 0 saturated carbocycles. The van der Waals surface area contributed by atoms with Crippen LogP contribution in [0.25, 0.3) is 0 Å². The van der Waals surface area contributed by atoms with Crippen LogP contribution in [0.1, 0.15) is 29.7 Å². The molecular weight excluding hydrogens is 414 g/mol. The lowest BCUT2D eigenvalue weighted by molar-refractivity contribution is -0.113. The standard InChI is InChI=1S/C23H27N3O4S/c1-12-7-8-16(9-13(12)2)25-22(27)19-14(3)24-23(31)26-20(19)15-10-17(28-4)21(30-6)18(11-15)29-5/h7-11,20H,1-6H3,(H,25,27)(H2,24,26,31). The van der Waals surface area contributed by atoms with E-state index in [-0.39, 0.29) is 5.91 Å². The maximum absolute atomic E-state index is 13.3. The van der Waals surface area contributed by atoms with Gasteiger partial charge < -0.3 is 30.2 Å². The van der Waals surface area contributed by atoms with E-state index in [1.807, 2.05) is 51.1 Å². The molecule has 1 aliphatic heterocycles. The Morgan fingerprint density at radius 3 is 2.16 bits per heavy atom. The first-order valence-electron chi connectivity index (χ1n) is 9.75. The second-order valence-electron chi connectivity index (χ2n) is 7.28. The first kappa shape index (κ1) is 22.4. The van der Waals surface area contributed by atoms with Gasteiger partial charge in [0.15, 0.2) is 16.6 Å². The maximum atomic E-state index is 13.3. The van der Waals surface area contributed by atoms with Gasteiger partial charge in [0, 0.05) is 11.4 Å². The molecule has 1 aliphatic rings. The summed E-state index contributed by atoms with van der Waals surface area (Å²) < 4.78 is 16.4. The molecule has 0 radical (unpaired) electrons. The molecule has 3 rings (SSSR count). The van der Waals surface area contributed by atoms with Crippen LogP contribution in [0.15, 0.2) is 41.6 Å². The van der Waals surface area contributed by atoms with Crippen LogP contribution in [0.5, 0.6) is 17.2 Å². The van der Waals surface area contributed by atoms with Crippen molar-refractivity contribution in [3.8, 4) is 17.2 Å². The Kier molecular flexibility index (Phi) is 6.70. The average molecular weight is 442 g/mol. The van der Waals surface area contributed by atoms with Crippen molar-refractivity contribution in [2.45, 2.75) is 26.8 Å². The molecule has 0 spiro atoms.